The van der Waals surface area contributed by atoms with Crippen LogP contribution in [0.25, 0.3) is 0 Å². The molecule has 1 rings (SSSR count). The summed E-state index contributed by atoms with van der Waals surface area (Å²) in [6.07, 6.45) is 0.652. The molecule has 54 valence electrons. The van der Waals surface area contributed by atoms with Crippen molar-refractivity contribution in [3.05, 3.63) is 0 Å². The average Bonchev–Trinajstić information content (AvgIpc) is 2.14. The zero-order valence-electron chi connectivity index (χ0n) is 5.38. The smallest absolute Gasteiger partial charge is 0.0843 e. The predicted molar refractivity (Wildman–Crippen MR) is 38.8 cm³/mol. The van der Waals surface area contributed by atoms with Crippen LogP contribution in [0.3, 0.4) is 0 Å². The van der Waals surface area contributed by atoms with E-state index in [4.69, 9.17) is 9.84 Å². The molecule has 0 bridgehead atoms. The molecule has 3 heteroatoms. The molecule has 0 radical (unpaired) electrons. The van der Waals surface area contributed by atoms with Crippen molar-refractivity contribution in [3.8, 4) is 0 Å². The lowest BCUT2D eigenvalue weighted by Gasteiger charge is -2.10. The summed E-state index contributed by atoms with van der Waals surface area (Å²) in [5, 5.41) is 9.02. The summed E-state index contributed by atoms with van der Waals surface area (Å²) >= 11 is 3.41. The average molecular weight is 195 g/mol. The Morgan fingerprint density at radius 2 is 2.44 bits per heavy atom. The predicted octanol–water partition coefficient (Wildman–Crippen LogP) is 0.920. The Bertz CT molecular complexity index is 95.1. The van der Waals surface area contributed by atoms with Gasteiger partial charge in [-0.15, -0.1) is 0 Å². The Morgan fingerprint density at radius 1 is 1.78 bits per heavy atom. The van der Waals surface area contributed by atoms with Gasteiger partial charge in [-0.1, -0.05) is 15.9 Å². The van der Waals surface area contributed by atoms with Crippen LogP contribution in [0, 0.1) is 0 Å². The SMILES string of the molecule is CC(O)C1CC(Br)CO1. The lowest BCUT2D eigenvalue weighted by atomic mass is 10.2. The fourth-order valence-electron chi connectivity index (χ4n) is 0.952. The Morgan fingerprint density at radius 3 is 2.67 bits per heavy atom. The van der Waals surface area contributed by atoms with Crippen molar-refractivity contribution in [1.82, 2.24) is 0 Å². The van der Waals surface area contributed by atoms with Crippen LogP contribution in [-0.2, 0) is 4.74 Å². The molecule has 0 amide bonds. The largest absolute Gasteiger partial charge is 0.391 e. The molecule has 0 spiro atoms. The molecule has 1 heterocycles. The lowest BCUT2D eigenvalue weighted by molar-refractivity contribution is 0.00866. The van der Waals surface area contributed by atoms with Crippen LogP contribution < -0.4 is 0 Å². The first-order chi connectivity index (χ1) is 4.20. The third-order valence-corrected chi connectivity index (χ3v) is 2.16. The first kappa shape index (κ1) is 7.51. The number of halogens is 1. The lowest BCUT2D eigenvalue weighted by Crippen LogP contribution is -2.21. The first-order valence-corrected chi connectivity index (χ1v) is 4.05. The van der Waals surface area contributed by atoms with Crippen molar-refractivity contribution in [1.29, 1.82) is 0 Å². The zero-order valence-corrected chi connectivity index (χ0v) is 6.97. The number of aliphatic hydroxyl groups excluding tert-OH is 1. The highest BCUT2D eigenvalue weighted by Crippen LogP contribution is 2.21. The fraction of sp³-hybridized carbons (Fsp3) is 1.00. The van der Waals surface area contributed by atoms with Gasteiger partial charge in [-0.05, 0) is 13.3 Å². The fourth-order valence-corrected chi connectivity index (χ4v) is 1.47. The van der Waals surface area contributed by atoms with Crippen molar-refractivity contribution < 1.29 is 9.84 Å². The molecule has 1 saturated heterocycles. The maximum atomic E-state index is 9.02. The maximum Gasteiger partial charge on any atom is 0.0843 e. The number of ether oxygens (including phenoxy) is 1. The number of aliphatic hydroxyl groups is 1. The second kappa shape index (κ2) is 2.99. The maximum absolute atomic E-state index is 9.02. The van der Waals surface area contributed by atoms with Crippen molar-refractivity contribution in [2.24, 2.45) is 0 Å². The van der Waals surface area contributed by atoms with Crippen LogP contribution in [0.5, 0.6) is 0 Å². The summed E-state index contributed by atoms with van der Waals surface area (Å²) in [7, 11) is 0. The second-order valence-electron chi connectivity index (χ2n) is 2.45. The van der Waals surface area contributed by atoms with E-state index >= 15 is 0 Å². The molecular weight excluding hydrogens is 184 g/mol. The summed E-state index contributed by atoms with van der Waals surface area (Å²) in [5.41, 5.74) is 0. The molecule has 0 saturated carbocycles. The Labute approximate surface area is 63.3 Å². The van der Waals surface area contributed by atoms with Gasteiger partial charge in [0.25, 0.3) is 0 Å². The van der Waals surface area contributed by atoms with Gasteiger partial charge in [0.2, 0.25) is 0 Å². The van der Waals surface area contributed by atoms with E-state index in [0.29, 0.717) is 4.83 Å². The van der Waals surface area contributed by atoms with Crippen molar-refractivity contribution in [3.63, 3.8) is 0 Å². The molecule has 1 fully saturated rings. The van der Waals surface area contributed by atoms with Crippen LogP contribution in [0.2, 0.25) is 0 Å². The molecule has 1 N–H and O–H groups in total. The normalized spacial score (nSPS) is 39.0. The van der Waals surface area contributed by atoms with Gasteiger partial charge < -0.3 is 9.84 Å². The Balaban J connectivity index is 2.30. The topological polar surface area (TPSA) is 29.5 Å². The van der Waals surface area contributed by atoms with E-state index in [-0.39, 0.29) is 12.2 Å². The minimum atomic E-state index is -0.326. The third kappa shape index (κ3) is 1.92. The standard InChI is InChI=1S/C6H11BrO2/c1-4(8)6-2-5(7)3-9-6/h4-6,8H,2-3H2,1H3. The van der Waals surface area contributed by atoms with E-state index in [1.54, 1.807) is 6.92 Å². The van der Waals surface area contributed by atoms with Gasteiger partial charge in [0.05, 0.1) is 18.8 Å². The molecular formula is C6H11BrO2. The number of hydrogen-bond donors (Lipinski definition) is 1. The van der Waals surface area contributed by atoms with Crippen molar-refractivity contribution in [2.75, 3.05) is 6.61 Å². The molecule has 0 aromatic heterocycles. The quantitative estimate of drug-likeness (QED) is 0.630. The van der Waals surface area contributed by atoms with E-state index < -0.39 is 0 Å². The van der Waals surface area contributed by atoms with E-state index in [1.165, 1.54) is 0 Å². The second-order valence-corrected chi connectivity index (χ2v) is 3.74. The number of hydrogen-bond acceptors (Lipinski definition) is 2. The summed E-state index contributed by atoms with van der Waals surface area (Å²) in [5.74, 6) is 0. The molecule has 3 unspecified atom stereocenters. The molecule has 1 aliphatic rings. The Hall–Kier alpha value is 0.400. The molecule has 2 nitrogen and oxygen atoms in total. The van der Waals surface area contributed by atoms with E-state index in [9.17, 15) is 0 Å². The monoisotopic (exact) mass is 194 g/mol. The number of rotatable bonds is 1. The Kier molecular flexibility index (Phi) is 2.50. The summed E-state index contributed by atoms with van der Waals surface area (Å²) < 4.78 is 5.23. The van der Waals surface area contributed by atoms with Gasteiger partial charge in [-0.2, -0.15) is 0 Å². The molecule has 1 aliphatic heterocycles. The molecule has 3 atom stereocenters. The van der Waals surface area contributed by atoms with Gasteiger partial charge in [-0.25, -0.2) is 0 Å². The highest BCUT2D eigenvalue weighted by Gasteiger charge is 2.26. The molecule has 0 aliphatic carbocycles. The molecule has 0 aromatic rings. The van der Waals surface area contributed by atoms with Crippen molar-refractivity contribution >= 4 is 15.9 Å². The third-order valence-electron chi connectivity index (χ3n) is 1.52. The zero-order chi connectivity index (χ0) is 6.85. The minimum Gasteiger partial charge on any atom is -0.391 e. The van der Waals surface area contributed by atoms with Gasteiger partial charge in [0.1, 0.15) is 0 Å². The first-order valence-electron chi connectivity index (χ1n) is 3.14. The van der Waals surface area contributed by atoms with Crippen molar-refractivity contribution in [2.45, 2.75) is 30.4 Å². The van der Waals surface area contributed by atoms with E-state index in [0.717, 1.165) is 13.0 Å². The van der Waals surface area contributed by atoms with Crippen LogP contribution >= 0.6 is 15.9 Å². The summed E-state index contributed by atoms with van der Waals surface area (Å²) in [6.45, 7) is 2.49. The van der Waals surface area contributed by atoms with Crippen LogP contribution in [0.1, 0.15) is 13.3 Å². The van der Waals surface area contributed by atoms with Gasteiger partial charge in [0, 0.05) is 4.83 Å². The van der Waals surface area contributed by atoms with Crippen LogP contribution in [0.15, 0.2) is 0 Å². The van der Waals surface area contributed by atoms with Crippen LogP contribution in [0.4, 0.5) is 0 Å². The molecule has 9 heavy (non-hydrogen) atoms. The van der Waals surface area contributed by atoms with Gasteiger partial charge in [0.15, 0.2) is 0 Å². The summed E-state index contributed by atoms with van der Waals surface area (Å²) in [4.78, 5) is 0.442. The highest BCUT2D eigenvalue weighted by atomic mass is 79.9. The summed E-state index contributed by atoms with van der Waals surface area (Å²) in [6, 6.07) is 0. The number of alkyl halides is 1. The van der Waals surface area contributed by atoms with Gasteiger partial charge >= 0.3 is 0 Å². The van der Waals surface area contributed by atoms with Gasteiger partial charge in [-0.3, -0.25) is 0 Å². The minimum absolute atomic E-state index is 0.0503. The van der Waals surface area contributed by atoms with Crippen LogP contribution in [-0.4, -0.2) is 28.7 Å². The molecule has 0 aromatic carbocycles. The highest BCUT2D eigenvalue weighted by molar-refractivity contribution is 9.09. The van der Waals surface area contributed by atoms with E-state index in [1.807, 2.05) is 0 Å². The van der Waals surface area contributed by atoms with E-state index in [2.05, 4.69) is 15.9 Å².